The Balaban J connectivity index is 2.03. The number of piperidine rings is 1. The van der Waals surface area contributed by atoms with Crippen LogP contribution in [0.1, 0.15) is 51.0 Å². The third-order valence-electron chi connectivity index (χ3n) is 4.81. The molecule has 1 spiro atoms. The van der Waals surface area contributed by atoms with Crippen LogP contribution in [0.25, 0.3) is 0 Å². The van der Waals surface area contributed by atoms with Gasteiger partial charge in [0.05, 0.1) is 22.3 Å². The summed E-state index contributed by atoms with van der Waals surface area (Å²) < 4.78 is 2.00. The monoisotopic (exact) mass is 341 g/mol. The van der Waals surface area contributed by atoms with Crippen LogP contribution in [-0.2, 0) is 12.0 Å². The van der Waals surface area contributed by atoms with E-state index in [1.54, 1.807) is 0 Å². The number of nitrogens with one attached hydrogen (secondary N) is 1. The van der Waals surface area contributed by atoms with E-state index < -0.39 is 6.10 Å². The molecule has 0 saturated carbocycles. The Labute approximate surface area is 129 Å². The van der Waals surface area contributed by atoms with E-state index >= 15 is 0 Å². The van der Waals surface area contributed by atoms with E-state index in [0.29, 0.717) is 0 Å². The maximum absolute atomic E-state index is 10.9. The third kappa shape index (κ3) is 2.14. The van der Waals surface area contributed by atoms with Gasteiger partial charge in [-0.3, -0.25) is 4.68 Å². The van der Waals surface area contributed by atoms with Crippen LogP contribution >= 0.6 is 15.9 Å². The Morgan fingerprint density at radius 1 is 1.40 bits per heavy atom. The molecule has 2 aliphatic rings. The maximum atomic E-state index is 10.9. The minimum atomic E-state index is -0.474. The number of aromatic nitrogens is 2. The Morgan fingerprint density at radius 3 is 2.65 bits per heavy atom. The minimum absolute atomic E-state index is 0.0973. The van der Waals surface area contributed by atoms with Gasteiger partial charge < -0.3 is 10.4 Å². The summed E-state index contributed by atoms with van der Waals surface area (Å²) in [5.41, 5.74) is 2.30. The van der Waals surface area contributed by atoms with Crippen molar-refractivity contribution in [2.45, 2.75) is 56.5 Å². The smallest absolute Gasteiger partial charge is 0.109 e. The van der Waals surface area contributed by atoms with Gasteiger partial charge in [-0.1, -0.05) is 15.9 Å². The van der Waals surface area contributed by atoms with Crippen LogP contribution in [0.3, 0.4) is 0 Å². The summed E-state index contributed by atoms with van der Waals surface area (Å²) in [6, 6.07) is 0. The lowest BCUT2D eigenvalue weighted by atomic mass is 9.67. The first kappa shape index (κ1) is 14.5. The van der Waals surface area contributed by atoms with Gasteiger partial charge in [0.2, 0.25) is 0 Å². The summed E-state index contributed by atoms with van der Waals surface area (Å²) in [6.07, 6.45) is 4.73. The predicted octanol–water partition coefficient (Wildman–Crippen LogP) is 2.36. The summed E-state index contributed by atoms with van der Waals surface area (Å²) in [5, 5.41) is 18.8. The predicted molar refractivity (Wildman–Crippen MR) is 83.1 cm³/mol. The van der Waals surface area contributed by atoms with Crippen molar-refractivity contribution in [1.29, 1.82) is 0 Å². The number of fused-ring (bicyclic) bond motifs is 1. The standard InChI is InChI=1S/C15H24BrN3O/c1-14(2,3)19-11-10(9-18-19)8-15(13(16)12(11)20)4-6-17-7-5-15/h9,12-13,17,20H,4-8H2,1-3H3. The molecule has 1 fully saturated rings. The highest BCUT2D eigenvalue weighted by atomic mass is 79.9. The molecule has 1 aromatic heterocycles. The first-order valence-corrected chi connectivity index (χ1v) is 8.37. The van der Waals surface area contributed by atoms with E-state index in [9.17, 15) is 5.11 Å². The van der Waals surface area contributed by atoms with E-state index in [4.69, 9.17) is 0 Å². The number of aliphatic hydroxyl groups excluding tert-OH is 1. The number of hydrogen-bond donors (Lipinski definition) is 2. The molecule has 2 heterocycles. The van der Waals surface area contributed by atoms with Crippen LogP contribution in [-0.4, -0.2) is 32.8 Å². The van der Waals surface area contributed by atoms with Gasteiger partial charge in [-0.15, -0.1) is 0 Å². The number of halogens is 1. The van der Waals surface area contributed by atoms with Crippen LogP contribution < -0.4 is 5.32 Å². The van der Waals surface area contributed by atoms with E-state index in [1.165, 1.54) is 5.56 Å². The summed E-state index contributed by atoms with van der Waals surface area (Å²) in [7, 11) is 0. The lowest BCUT2D eigenvalue weighted by Gasteiger charge is -2.47. The summed E-state index contributed by atoms with van der Waals surface area (Å²) in [6.45, 7) is 8.47. The second-order valence-electron chi connectivity index (χ2n) is 7.27. The van der Waals surface area contributed by atoms with Gasteiger partial charge in [-0.05, 0) is 64.1 Å². The first-order valence-electron chi connectivity index (χ1n) is 7.45. The van der Waals surface area contributed by atoms with Gasteiger partial charge >= 0.3 is 0 Å². The van der Waals surface area contributed by atoms with Gasteiger partial charge in [0.1, 0.15) is 6.10 Å². The zero-order chi connectivity index (χ0) is 14.5. The number of alkyl halides is 1. The minimum Gasteiger partial charge on any atom is -0.386 e. The zero-order valence-electron chi connectivity index (χ0n) is 12.5. The molecule has 20 heavy (non-hydrogen) atoms. The van der Waals surface area contributed by atoms with E-state index in [-0.39, 0.29) is 15.8 Å². The Bertz CT molecular complexity index is 500. The molecule has 2 unspecified atom stereocenters. The second kappa shape index (κ2) is 4.82. The van der Waals surface area contributed by atoms with Crippen LogP contribution in [0.5, 0.6) is 0 Å². The van der Waals surface area contributed by atoms with Gasteiger partial charge in [0, 0.05) is 0 Å². The molecule has 1 aromatic rings. The molecule has 5 heteroatoms. The van der Waals surface area contributed by atoms with Crippen molar-refractivity contribution in [2.24, 2.45) is 5.41 Å². The molecular formula is C15H24BrN3O. The number of aliphatic hydroxyl groups is 1. The molecular weight excluding hydrogens is 318 g/mol. The van der Waals surface area contributed by atoms with Gasteiger partial charge in [-0.25, -0.2) is 0 Å². The molecule has 112 valence electrons. The molecule has 1 saturated heterocycles. The molecule has 0 aromatic carbocycles. The largest absolute Gasteiger partial charge is 0.386 e. The van der Waals surface area contributed by atoms with Crippen LogP contribution in [0.15, 0.2) is 6.20 Å². The highest BCUT2D eigenvalue weighted by molar-refractivity contribution is 9.09. The summed E-state index contributed by atoms with van der Waals surface area (Å²) in [5.74, 6) is 0. The summed E-state index contributed by atoms with van der Waals surface area (Å²) >= 11 is 3.81. The van der Waals surface area contributed by atoms with Gasteiger partial charge in [0.15, 0.2) is 0 Å². The molecule has 0 bridgehead atoms. The SMILES string of the molecule is CC(C)(C)n1ncc2c1C(O)C(Br)C1(CCNCC1)C2. The molecule has 2 N–H and O–H groups in total. The summed E-state index contributed by atoms with van der Waals surface area (Å²) in [4.78, 5) is 0.113. The fraction of sp³-hybridized carbons (Fsp3) is 0.800. The second-order valence-corrected chi connectivity index (χ2v) is 8.26. The van der Waals surface area contributed by atoms with Crippen molar-refractivity contribution in [3.05, 3.63) is 17.5 Å². The van der Waals surface area contributed by atoms with E-state index in [1.807, 2.05) is 10.9 Å². The number of rotatable bonds is 0. The van der Waals surface area contributed by atoms with Crippen LogP contribution in [0.4, 0.5) is 0 Å². The Kier molecular flexibility index (Phi) is 3.50. The van der Waals surface area contributed by atoms with Crippen molar-refractivity contribution < 1.29 is 5.11 Å². The molecule has 3 rings (SSSR count). The normalized spacial score (nSPS) is 29.4. The highest BCUT2D eigenvalue weighted by Gasteiger charge is 2.48. The van der Waals surface area contributed by atoms with Crippen LogP contribution in [0.2, 0.25) is 0 Å². The fourth-order valence-corrected chi connectivity index (χ4v) is 4.58. The lowest BCUT2D eigenvalue weighted by molar-refractivity contribution is 0.0624. The van der Waals surface area contributed by atoms with Gasteiger partial charge in [0.25, 0.3) is 0 Å². The lowest BCUT2D eigenvalue weighted by Crippen LogP contribution is -2.49. The average Bonchev–Trinajstić information content (AvgIpc) is 2.81. The number of nitrogens with zero attached hydrogens (tertiary/aromatic N) is 2. The highest BCUT2D eigenvalue weighted by Crippen LogP contribution is 2.50. The van der Waals surface area contributed by atoms with Crippen LogP contribution in [0, 0.1) is 5.41 Å². The Morgan fingerprint density at radius 2 is 2.05 bits per heavy atom. The Hall–Kier alpha value is -0.390. The third-order valence-corrected chi connectivity index (χ3v) is 6.28. The van der Waals surface area contributed by atoms with E-state index in [2.05, 4.69) is 47.1 Å². The van der Waals surface area contributed by atoms with Crippen molar-refractivity contribution in [3.63, 3.8) is 0 Å². The van der Waals surface area contributed by atoms with Crippen molar-refractivity contribution in [1.82, 2.24) is 15.1 Å². The quantitative estimate of drug-likeness (QED) is 0.712. The zero-order valence-corrected chi connectivity index (χ0v) is 14.1. The average molecular weight is 342 g/mol. The molecule has 0 radical (unpaired) electrons. The molecule has 4 nitrogen and oxygen atoms in total. The molecule has 1 aliphatic carbocycles. The first-order chi connectivity index (χ1) is 9.35. The fourth-order valence-electron chi connectivity index (χ4n) is 3.71. The molecule has 2 atom stereocenters. The molecule has 0 amide bonds. The topological polar surface area (TPSA) is 50.1 Å². The van der Waals surface area contributed by atoms with Crippen molar-refractivity contribution >= 4 is 15.9 Å². The number of hydrogen-bond acceptors (Lipinski definition) is 3. The van der Waals surface area contributed by atoms with Crippen molar-refractivity contribution in [2.75, 3.05) is 13.1 Å². The van der Waals surface area contributed by atoms with E-state index in [0.717, 1.165) is 38.0 Å². The molecule has 1 aliphatic heterocycles. The van der Waals surface area contributed by atoms with Gasteiger partial charge in [-0.2, -0.15) is 5.10 Å². The van der Waals surface area contributed by atoms with Crippen molar-refractivity contribution in [3.8, 4) is 0 Å². The maximum Gasteiger partial charge on any atom is 0.109 e.